The lowest BCUT2D eigenvalue weighted by Crippen LogP contribution is -2.45. The molecule has 0 radical (unpaired) electrons. The summed E-state index contributed by atoms with van der Waals surface area (Å²) >= 11 is 6.86. The smallest absolute Gasteiger partial charge is 0.139 e. The van der Waals surface area contributed by atoms with Crippen molar-refractivity contribution in [2.75, 3.05) is 0 Å². The second-order valence-electron chi connectivity index (χ2n) is 7.42. The number of benzene rings is 2. The number of hydrogen-bond acceptors (Lipinski definition) is 6. The summed E-state index contributed by atoms with van der Waals surface area (Å²) in [6, 6.07) is 10.7. The molecule has 0 aliphatic heterocycles. The lowest BCUT2D eigenvalue weighted by atomic mass is 9.98. The summed E-state index contributed by atoms with van der Waals surface area (Å²) in [4.78, 5) is 0. The van der Waals surface area contributed by atoms with Gasteiger partial charge in [0, 0.05) is 8.95 Å². The molecular formula is C24H28Br2O6. The van der Waals surface area contributed by atoms with Gasteiger partial charge in [-0.1, -0.05) is 70.0 Å². The lowest BCUT2D eigenvalue weighted by molar-refractivity contribution is -0.0996. The minimum atomic E-state index is -1.95. The topological polar surface area (TPSA) is 121 Å². The standard InChI is InChI=1S/C24H28Br2O6/c1-3-15-7-5-13(9-17(15)25)11-19(27)21(29)23(31)24(32)22(30)20(28)12-14-6-8-16(4-2)18(26)10-14/h5-12,21-24,27-32H,3-4H2,1-2H3/t21-,22+,23-,24-/m1/s1. The predicted octanol–water partition coefficient (Wildman–Crippen LogP) is 4.28. The summed E-state index contributed by atoms with van der Waals surface area (Å²) in [6.45, 7) is 4.01. The zero-order chi connectivity index (χ0) is 24.0. The van der Waals surface area contributed by atoms with Crippen LogP contribution in [0.3, 0.4) is 0 Å². The molecule has 4 atom stereocenters. The molecule has 0 saturated heterocycles. The Kier molecular flexibility index (Phi) is 9.94. The third-order valence-electron chi connectivity index (χ3n) is 5.15. The Bertz CT molecular complexity index is 909. The Morgan fingerprint density at radius 2 is 1.06 bits per heavy atom. The largest absolute Gasteiger partial charge is 0.509 e. The molecule has 6 N–H and O–H groups in total. The van der Waals surface area contributed by atoms with Crippen LogP contribution in [-0.4, -0.2) is 55.1 Å². The summed E-state index contributed by atoms with van der Waals surface area (Å²) in [6.07, 6.45) is -3.53. The van der Waals surface area contributed by atoms with Crippen molar-refractivity contribution in [3.05, 3.63) is 79.1 Å². The molecule has 174 valence electrons. The summed E-state index contributed by atoms with van der Waals surface area (Å²) in [5, 5.41) is 61.4. The third kappa shape index (κ3) is 6.66. The number of halogens is 2. The van der Waals surface area contributed by atoms with E-state index in [2.05, 4.69) is 31.9 Å². The third-order valence-corrected chi connectivity index (χ3v) is 6.62. The monoisotopic (exact) mass is 570 g/mol. The highest BCUT2D eigenvalue weighted by molar-refractivity contribution is 9.10. The van der Waals surface area contributed by atoms with E-state index in [1.54, 1.807) is 24.3 Å². The summed E-state index contributed by atoms with van der Waals surface area (Å²) in [5.74, 6) is -1.19. The van der Waals surface area contributed by atoms with Gasteiger partial charge in [0.25, 0.3) is 0 Å². The Morgan fingerprint density at radius 1 is 0.719 bits per heavy atom. The molecule has 0 amide bonds. The van der Waals surface area contributed by atoms with Gasteiger partial charge in [0.05, 0.1) is 0 Å². The molecule has 2 aromatic carbocycles. The molecule has 0 unspecified atom stereocenters. The summed E-state index contributed by atoms with van der Waals surface area (Å²) < 4.78 is 1.67. The highest BCUT2D eigenvalue weighted by Gasteiger charge is 2.34. The van der Waals surface area contributed by atoms with E-state index < -0.39 is 35.9 Å². The first-order valence-electron chi connectivity index (χ1n) is 10.2. The van der Waals surface area contributed by atoms with Gasteiger partial charge in [-0.15, -0.1) is 0 Å². The van der Waals surface area contributed by atoms with Gasteiger partial charge in [0.2, 0.25) is 0 Å². The zero-order valence-electron chi connectivity index (χ0n) is 17.8. The second-order valence-corrected chi connectivity index (χ2v) is 9.13. The van der Waals surface area contributed by atoms with Crippen molar-refractivity contribution >= 4 is 44.0 Å². The van der Waals surface area contributed by atoms with Crippen LogP contribution in [0.15, 0.2) is 56.9 Å². The van der Waals surface area contributed by atoms with Crippen LogP contribution in [0, 0.1) is 0 Å². The van der Waals surface area contributed by atoms with Crippen LogP contribution in [0.1, 0.15) is 36.1 Å². The van der Waals surface area contributed by atoms with Crippen molar-refractivity contribution in [2.45, 2.75) is 51.1 Å². The highest BCUT2D eigenvalue weighted by atomic mass is 79.9. The van der Waals surface area contributed by atoms with E-state index in [1.165, 1.54) is 12.2 Å². The molecule has 0 fully saturated rings. The van der Waals surface area contributed by atoms with E-state index in [-0.39, 0.29) is 0 Å². The molecule has 0 aromatic heterocycles. The Hall–Kier alpha value is -1.68. The SMILES string of the molecule is CCc1ccc(C=C(O)[C@@H](O)[C@@H](O)[C@H](O)[C@@H](O)C(O)=Cc2ccc(CC)c(Br)c2)cc1Br. The van der Waals surface area contributed by atoms with E-state index in [4.69, 9.17) is 0 Å². The number of aryl methyl sites for hydroxylation is 2. The molecular weight excluding hydrogens is 544 g/mol. The number of hydrogen-bond donors (Lipinski definition) is 6. The lowest BCUT2D eigenvalue weighted by Gasteiger charge is -2.26. The normalized spacial score (nSPS) is 16.5. The maximum absolute atomic E-state index is 10.3. The van der Waals surface area contributed by atoms with Crippen LogP contribution in [0.4, 0.5) is 0 Å². The summed E-state index contributed by atoms with van der Waals surface area (Å²) in [5.41, 5.74) is 3.27. The van der Waals surface area contributed by atoms with Crippen LogP contribution in [0.2, 0.25) is 0 Å². The molecule has 0 aliphatic carbocycles. The molecule has 0 bridgehead atoms. The first-order chi connectivity index (χ1) is 15.1. The average molecular weight is 572 g/mol. The van der Waals surface area contributed by atoms with Crippen LogP contribution in [-0.2, 0) is 12.8 Å². The molecule has 2 rings (SSSR count). The Labute approximate surface area is 204 Å². The van der Waals surface area contributed by atoms with E-state index in [1.807, 2.05) is 26.0 Å². The predicted molar refractivity (Wildman–Crippen MR) is 132 cm³/mol. The molecule has 0 spiro atoms. The van der Waals surface area contributed by atoms with Crippen LogP contribution in [0.5, 0.6) is 0 Å². The van der Waals surface area contributed by atoms with E-state index in [0.717, 1.165) is 32.9 Å². The van der Waals surface area contributed by atoms with Crippen molar-refractivity contribution in [1.29, 1.82) is 0 Å². The van der Waals surface area contributed by atoms with E-state index in [9.17, 15) is 30.6 Å². The maximum Gasteiger partial charge on any atom is 0.139 e. The van der Waals surface area contributed by atoms with Gasteiger partial charge < -0.3 is 30.6 Å². The maximum atomic E-state index is 10.3. The Morgan fingerprint density at radius 3 is 1.34 bits per heavy atom. The molecule has 32 heavy (non-hydrogen) atoms. The fraction of sp³-hybridized carbons (Fsp3) is 0.333. The molecule has 6 nitrogen and oxygen atoms in total. The molecule has 0 saturated carbocycles. The van der Waals surface area contributed by atoms with Crippen LogP contribution >= 0.6 is 31.9 Å². The highest BCUT2D eigenvalue weighted by Crippen LogP contribution is 2.24. The van der Waals surface area contributed by atoms with E-state index in [0.29, 0.717) is 11.1 Å². The fourth-order valence-electron chi connectivity index (χ4n) is 3.12. The van der Waals surface area contributed by atoms with E-state index >= 15 is 0 Å². The first-order valence-corrected chi connectivity index (χ1v) is 11.8. The van der Waals surface area contributed by atoms with Crippen molar-refractivity contribution in [3.63, 3.8) is 0 Å². The second kappa shape index (κ2) is 12.0. The van der Waals surface area contributed by atoms with Gasteiger partial charge in [-0.05, 0) is 59.4 Å². The summed E-state index contributed by atoms with van der Waals surface area (Å²) in [7, 11) is 0. The number of aliphatic hydroxyl groups excluding tert-OH is 6. The van der Waals surface area contributed by atoms with Crippen molar-refractivity contribution in [1.82, 2.24) is 0 Å². The number of aliphatic hydroxyl groups is 6. The quantitative estimate of drug-likeness (QED) is 0.250. The molecule has 0 aliphatic rings. The zero-order valence-corrected chi connectivity index (χ0v) is 21.0. The van der Waals surface area contributed by atoms with Gasteiger partial charge in [-0.25, -0.2) is 0 Å². The fourth-order valence-corrected chi connectivity index (χ4v) is 4.47. The van der Waals surface area contributed by atoms with Crippen molar-refractivity contribution < 1.29 is 30.6 Å². The van der Waals surface area contributed by atoms with Crippen LogP contribution in [0.25, 0.3) is 12.2 Å². The van der Waals surface area contributed by atoms with Crippen LogP contribution < -0.4 is 0 Å². The van der Waals surface area contributed by atoms with Crippen molar-refractivity contribution in [3.8, 4) is 0 Å². The van der Waals surface area contributed by atoms with Gasteiger partial charge >= 0.3 is 0 Å². The molecule has 0 heterocycles. The van der Waals surface area contributed by atoms with Gasteiger partial charge in [-0.2, -0.15) is 0 Å². The van der Waals surface area contributed by atoms with Gasteiger partial charge in [0.15, 0.2) is 0 Å². The van der Waals surface area contributed by atoms with Gasteiger partial charge in [0.1, 0.15) is 35.9 Å². The number of rotatable bonds is 9. The average Bonchev–Trinajstić information content (AvgIpc) is 2.77. The minimum absolute atomic E-state index is 0.566. The molecule has 8 heteroatoms. The first kappa shape index (κ1) is 26.6. The molecule has 2 aromatic rings. The van der Waals surface area contributed by atoms with Gasteiger partial charge in [-0.3, -0.25) is 0 Å². The van der Waals surface area contributed by atoms with Crippen molar-refractivity contribution in [2.24, 2.45) is 0 Å². The Balaban J connectivity index is 2.14. The minimum Gasteiger partial charge on any atom is -0.509 e.